The third kappa shape index (κ3) is 3.68. The largest absolute Gasteiger partial charge is 0.468 e. The summed E-state index contributed by atoms with van der Waals surface area (Å²) < 4.78 is 28.3. The standard InChI is InChI=1S/C6H13NO4S/c1-4-12(9,10)7-5(2)6(8)11-3/h5,7H,4H2,1-3H3. The Hall–Kier alpha value is -0.620. The maximum absolute atomic E-state index is 10.9. The molecule has 0 rings (SSSR count). The Bertz CT molecular complexity index is 246. The van der Waals surface area contributed by atoms with Crippen molar-refractivity contribution in [1.29, 1.82) is 0 Å². The van der Waals surface area contributed by atoms with Crippen LogP contribution in [0.5, 0.6) is 0 Å². The second-order valence-corrected chi connectivity index (χ2v) is 4.31. The SMILES string of the molecule is CCS(=O)(=O)NC(C)C(=O)OC. The van der Waals surface area contributed by atoms with E-state index in [9.17, 15) is 13.2 Å². The van der Waals surface area contributed by atoms with Gasteiger partial charge in [0.2, 0.25) is 10.0 Å². The number of sulfonamides is 1. The predicted octanol–water partition coefficient (Wildman–Crippen LogP) is -0.513. The molecule has 0 fully saturated rings. The Kier molecular flexibility index (Phi) is 4.19. The zero-order valence-electron chi connectivity index (χ0n) is 7.33. The number of nitrogens with one attached hydrogen (secondary N) is 1. The third-order valence-electron chi connectivity index (χ3n) is 1.29. The van der Waals surface area contributed by atoms with Crippen molar-refractivity contribution in [3.8, 4) is 0 Å². The second kappa shape index (κ2) is 4.42. The second-order valence-electron chi connectivity index (χ2n) is 2.27. The van der Waals surface area contributed by atoms with E-state index in [0.29, 0.717) is 0 Å². The van der Waals surface area contributed by atoms with Crippen LogP contribution in [0.15, 0.2) is 0 Å². The lowest BCUT2D eigenvalue weighted by Crippen LogP contribution is -2.39. The van der Waals surface area contributed by atoms with Crippen molar-refractivity contribution in [1.82, 2.24) is 4.72 Å². The Morgan fingerprint density at radius 1 is 1.58 bits per heavy atom. The summed E-state index contributed by atoms with van der Waals surface area (Å²) in [7, 11) is -2.12. The average Bonchev–Trinajstić information content (AvgIpc) is 2.02. The zero-order valence-corrected chi connectivity index (χ0v) is 8.14. The minimum absolute atomic E-state index is 0.0473. The summed E-state index contributed by atoms with van der Waals surface area (Å²) in [6, 6.07) is -0.819. The fourth-order valence-electron chi connectivity index (χ4n) is 0.578. The van der Waals surface area contributed by atoms with E-state index < -0.39 is 22.0 Å². The molecule has 0 amide bonds. The van der Waals surface area contributed by atoms with Gasteiger partial charge in [-0.15, -0.1) is 0 Å². The number of carbonyl (C=O) groups excluding carboxylic acids is 1. The smallest absolute Gasteiger partial charge is 0.323 e. The van der Waals surface area contributed by atoms with Gasteiger partial charge in [-0.05, 0) is 13.8 Å². The molecule has 6 heteroatoms. The molecular weight excluding hydrogens is 182 g/mol. The Morgan fingerprint density at radius 2 is 2.08 bits per heavy atom. The minimum Gasteiger partial charge on any atom is -0.468 e. The number of ether oxygens (including phenoxy) is 1. The van der Waals surface area contributed by atoms with Gasteiger partial charge in [-0.25, -0.2) is 13.1 Å². The Labute approximate surface area is 72.1 Å². The molecule has 0 heterocycles. The summed E-state index contributed by atoms with van der Waals surface area (Å²) in [6.45, 7) is 2.92. The lowest BCUT2D eigenvalue weighted by Gasteiger charge is -2.10. The monoisotopic (exact) mass is 195 g/mol. The molecule has 0 saturated carbocycles. The van der Waals surface area contributed by atoms with Crippen molar-refractivity contribution < 1.29 is 17.9 Å². The molecule has 0 aliphatic heterocycles. The highest BCUT2D eigenvalue weighted by Crippen LogP contribution is 1.90. The van der Waals surface area contributed by atoms with Crippen molar-refractivity contribution in [3.63, 3.8) is 0 Å². The molecule has 5 nitrogen and oxygen atoms in total. The molecule has 1 N–H and O–H groups in total. The van der Waals surface area contributed by atoms with Crippen LogP contribution in [0.25, 0.3) is 0 Å². The van der Waals surface area contributed by atoms with Gasteiger partial charge in [0.1, 0.15) is 6.04 Å². The van der Waals surface area contributed by atoms with Gasteiger partial charge in [-0.2, -0.15) is 0 Å². The fraction of sp³-hybridized carbons (Fsp3) is 0.833. The van der Waals surface area contributed by atoms with Crippen molar-refractivity contribution in [2.24, 2.45) is 0 Å². The molecule has 0 radical (unpaired) electrons. The summed E-state index contributed by atoms with van der Waals surface area (Å²) in [5.74, 6) is -0.638. The van der Waals surface area contributed by atoms with E-state index in [-0.39, 0.29) is 5.75 Å². The first-order valence-corrected chi connectivity index (χ1v) is 5.16. The molecule has 0 aliphatic carbocycles. The molecule has 12 heavy (non-hydrogen) atoms. The summed E-state index contributed by atoms with van der Waals surface area (Å²) in [5, 5.41) is 0. The lowest BCUT2D eigenvalue weighted by atomic mass is 10.4. The van der Waals surface area contributed by atoms with Gasteiger partial charge in [0.05, 0.1) is 12.9 Å². The number of rotatable bonds is 4. The van der Waals surface area contributed by atoms with E-state index in [1.54, 1.807) is 0 Å². The molecule has 1 unspecified atom stereocenters. The van der Waals surface area contributed by atoms with Crippen molar-refractivity contribution >= 4 is 16.0 Å². The third-order valence-corrected chi connectivity index (χ3v) is 2.76. The Morgan fingerprint density at radius 3 is 2.42 bits per heavy atom. The molecule has 0 aromatic carbocycles. The molecule has 0 saturated heterocycles. The number of hydrogen-bond donors (Lipinski definition) is 1. The quantitative estimate of drug-likeness (QED) is 0.613. The van der Waals surface area contributed by atoms with Gasteiger partial charge in [0, 0.05) is 0 Å². The minimum atomic E-state index is -3.32. The highest BCUT2D eigenvalue weighted by molar-refractivity contribution is 7.89. The molecule has 0 aromatic heterocycles. The number of carbonyl (C=O) groups is 1. The topological polar surface area (TPSA) is 72.5 Å². The normalized spacial score (nSPS) is 13.9. The van der Waals surface area contributed by atoms with Crippen LogP contribution in [-0.4, -0.2) is 33.3 Å². The van der Waals surface area contributed by atoms with Crippen LogP contribution in [0.4, 0.5) is 0 Å². The molecular formula is C6H13NO4S. The van der Waals surface area contributed by atoms with Crippen LogP contribution < -0.4 is 4.72 Å². The van der Waals surface area contributed by atoms with Crippen LogP contribution in [0, 0.1) is 0 Å². The van der Waals surface area contributed by atoms with Crippen molar-refractivity contribution in [2.75, 3.05) is 12.9 Å². The summed E-state index contributed by atoms with van der Waals surface area (Å²) in [6.07, 6.45) is 0. The summed E-state index contributed by atoms with van der Waals surface area (Å²) in [4.78, 5) is 10.8. The van der Waals surface area contributed by atoms with Crippen LogP contribution in [0.1, 0.15) is 13.8 Å². The average molecular weight is 195 g/mol. The van der Waals surface area contributed by atoms with Crippen LogP contribution in [0.2, 0.25) is 0 Å². The van der Waals surface area contributed by atoms with Crippen LogP contribution in [-0.2, 0) is 19.6 Å². The van der Waals surface area contributed by atoms with E-state index in [2.05, 4.69) is 9.46 Å². The summed E-state index contributed by atoms with van der Waals surface area (Å²) >= 11 is 0. The number of methoxy groups -OCH3 is 1. The van der Waals surface area contributed by atoms with Crippen molar-refractivity contribution in [2.45, 2.75) is 19.9 Å². The van der Waals surface area contributed by atoms with Gasteiger partial charge in [0.25, 0.3) is 0 Å². The molecule has 0 aliphatic rings. The highest BCUT2D eigenvalue weighted by Gasteiger charge is 2.18. The van der Waals surface area contributed by atoms with E-state index >= 15 is 0 Å². The van der Waals surface area contributed by atoms with Gasteiger partial charge < -0.3 is 4.74 Å². The first-order valence-electron chi connectivity index (χ1n) is 3.50. The molecule has 0 spiro atoms. The van der Waals surface area contributed by atoms with E-state index in [4.69, 9.17) is 0 Å². The zero-order chi connectivity index (χ0) is 9.78. The molecule has 0 bridgehead atoms. The molecule has 1 atom stereocenters. The Balaban J connectivity index is 4.19. The first kappa shape index (κ1) is 11.4. The maximum Gasteiger partial charge on any atom is 0.323 e. The molecule has 0 aromatic rings. The van der Waals surface area contributed by atoms with Crippen LogP contribution in [0.3, 0.4) is 0 Å². The molecule has 72 valence electrons. The summed E-state index contributed by atoms with van der Waals surface area (Å²) in [5.41, 5.74) is 0. The van der Waals surface area contributed by atoms with E-state index in [1.807, 2.05) is 0 Å². The fourth-order valence-corrected chi connectivity index (χ4v) is 1.38. The highest BCUT2D eigenvalue weighted by atomic mass is 32.2. The van der Waals surface area contributed by atoms with E-state index in [1.165, 1.54) is 21.0 Å². The van der Waals surface area contributed by atoms with Crippen molar-refractivity contribution in [3.05, 3.63) is 0 Å². The van der Waals surface area contributed by atoms with Gasteiger partial charge in [-0.1, -0.05) is 0 Å². The van der Waals surface area contributed by atoms with Crippen LogP contribution >= 0.6 is 0 Å². The number of esters is 1. The van der Waals surface area contributed by atoms with E-state index in [0.717, 1.165) is 0 Å². The number of hydrogen-bond acceptors (Lipinski definition) is 4. The maximum atomic E-state index is 10.9. The van der Waals surface area contributed by atoms with Gasteiger partial charge >= 0.3 is 5.97 Å². The predicted molar refractivity (Wildman–Crippen MR) is 44.1 cm³/mol. The van der Waals surface area contributed by atoms with Gasteiger partial charge in [-0.3, -0.25) is 4.79 Å². The van der Waals surface area contributed by atoms with Gasteiger partial charge in [0.15, 0.2) is 0 Å². The lowest BCUT2D eigenvalue weighted by molar-refractivity contribution is -0.142. The first-order chi connectivity index (χ1) is 5.43.